The van der Waals surface area contributed by atoms with Gasteiger partial charge in [0.2, 0.25) is 0 Å². The Balaban J connectivity index is 2.29. The van der Waals surface area contributed by atoms with Gasteiger partial charge in [0.15, 0.2) is 0 Å². The van der Waals surface area contributed by atoms with Crippen LogP contribution in [-0.4, -0.2) is 31.6 Å². The number of likely N-dealkylation sites (tertiary alicyclic amines) is 1. The van der Waals surface area contributed by atoms with Crippen molar-refractivity contribution in [2.45, 2.75) is 51.6 Å². The lowest BCUT2D eigenvalue weighted by Gasteiger charge is -2.27. The Hall–Kier alpha value is -1.23. The number of alkyl halides is 3. The number of rotatable bonds is 5. The third kappa shape index (κ3) is 4.63. The van der Waals surface area contributed by atoms with Gasteiger partial charge in [-0.3, -0.25) is 0 Å². The minimum absolute atomic E-state index is 0.128. The molecule has 1 aromatic rings. The van der Waals surface area contributed by atoms with Crippen LogP contribution in [0.4, 0.5) is 13.2 Å². The maximum atomic E-state index is 13.1. The van der Waals surface area contributed by atoms with Crippen molar-refractivity contribution in [3.63, 3.8) is 0 Å². The number of piperidine rings is 1. The van der Waals surface area contributed by atoms with Crippen molar-refractivity contribution in [2.75, 3.05) is 26.7 Å². The van der Waals surface area contributed by atoms with Crippen molar-refractivity contribution >= 4 is 0 Å². The van der Waals surface area contributed by atoms with Crippen LogP contribution < -0.4 is 4.74 Å². The first-order valence-corrected chi connectivity index (χ1v) is 8.33. The van der Waals surface area contributed by atoms with E-state index < -0.39 is 11.7 Å². The van der Waals surface area contributed by atoms with Gasteiger partial charge in [-0.2, -0.15) is 13.2 Å². The summed E-state index contributed by atoms with van der Waals surface area (Å²) in [5.41, 5.74) is 1.04. The second-order valence-corrected chi connectivity index (χ2v) is 6.56. The molecule has 0 saturated carbocycles. The quantitative estimate of drug-likeness (QED) is 0.764. The molecule has 2 rings (SSSR count). The Morgan fingerprint density at radius 1 is 1.13 bits per heavy atom. The van der Waals surface area contributed by atoms with Crippen LogP contribution in [0.15, 0.2) is 12.1 Å². The summed E-state index contributed by atoms with van der Waals surface area (Å²) >= 11 is 0. The molecule has 2 nitrogen and oxygen atoms in total. The van der Waals surface area contributed by atoms with E-state index in [0.29, 0.717) is 12.2 Å². The predicted molar refractivity (Wildman–Crippen MR) is 86.1 cm³/mol. The zero-order chi connectivity index (χ0) is 17.0. The molecule has 0 bridgehead atoms. The first-order chi connectivity index (χ1) is 10.8. The number of ether oxygens (including phenoxy) is 1. The van der Waals surface area contributed by atoms with Crippen LogP contribution in [0.3, 0.4) is 0 Å². The molecule has 0 aromatic heterocycles. The van der Waals surface area contributed by atoms with Crippen LogP contribution in [0.25, 0.3) is 0 Å². The Morgan fingerprint density at radius 2 is 1.78 bits per heavy atom. The highest BCUT2D eigenvalue weighted by molar-refractivity contribution is 5.46. The van der Waals surface area contributed by atoms with Gasteiger partial charge in [-0.1, -0.05) is 20.3 Å². The van der Waals surface area contributed by atoms with Gasteiger partial charge in [0, 0.05) is 6.54 Å². The molecule has 1 fully saturated rings. The van der Waals surface area contributed by atoms with Crippen LogP contribution in [0, 0.1) is 0 Å². The highest BCUT2D eigenvalue weighted by Gasteiger charge is 2.32. The molecular weight excluding hydrogens is 303 g/mol. The first-order valence-electron chi connectivity index (χ1n) is 8.33. The van der Waals surface area contributed by atoms with E-state index in [2.05, 4.69) is 4.90 Å². The molecule has 0 amide bonds. The Morgan fingerprint density at radius 3 is 2.30 bits per heavy atom. The Bertz CT molecular complexity index is 520. The standard InChI is InChI=1S/C18H26F3NO/c1-13(2)17-14(7-10-22-8-5-4-6-9-22)11-15(18(19,20)21)12-16(17)23-3/h11-13H,4-10H2,1-3H3. The average molecular weight is 329 g/mol. The SMILES string of the molecule is COc1cc(C(F)(F)F)cc(CCN2CCCCC2)c1C(C)C. The van der Waals surface area contributed by atoms with Gasteiger partial charge in [-0.25, -0.2) is 0 Å². The minimum atomic E-state index is -4.34. The summed E-state index contributed by atoms with van der Waals surface area (Å²) in [7, 11) is 1.44. The van der Waals surface area contributed by atoms with E-state index in [1.54, 1.807) is 0 Å². The molecule has 1 heterocycles. The number of halogens is 3. The first kappa shape index (κ1) is 18.1. The zero-order valence-electron chi connectivity index (χ0n) is 14.2. The summed E-state index contributed by atoms with van der Waals surface area (Å²) < 4.78 is 44.7. The van der Waals surface area contributed by atoms with Crippen molar-refractivity contribution in [2.24, 2.45) is 0 Å². The lowest BCUT2D eigenvalue weighted by Crippen LogP contribution is -2.31. The molecule has 130 valence electrons. The van der Waals surface area contributed by atoms with Gasteiger partial charge in [-0.15, -0.1) is 0 Å². The van der Waals surface area contributed by atoms with Gasteiger partial charge >= 0.3 is 6.18 Å². The van der Waals surface area contributed by atoms with Crippen LogP contribution in [0.2, 0.25) is 0 Å². The van der Waals surface area contributed by atoms with E-state index in [0.717, 1.165) is 36.8 Å². The zero-order valence-corrected chi connectivity index (χ0v) is 14.2. The molecular formula is C18H26F3NO. The van der Waals surface area contributed by atoms with Gasteiger partial charge in [0.1, 0.15) is 5.75 Å². The van der Waals surface area contributed by atoms with Crippen LogP contribution >= 0.6 is 0 Å². The van der Waals surface area contributed by atoms with E-state index >= 15 is 0 Å². The normalized spacial score (nSPS) is 16.8. The summed E-state index contributed by atoms with van der Waals surface area (Å²) in [6, 6.07) is 2.43. The fourth-order valence-electron chi connectivity index (χ4n) is 3.34. The summed E-state index contributed by atoms with van der Waals surface area (Å²) in [4.78, 5) is 2.35. The van der Waals surface area contributed by atoms with E-state index in [4.69, 9.17) is 4.74 Å². The number of hydrogen-bond donors (Lipinski definition) is 0. The number of methoxy groups -OCH3 is 1. The van der Waals surface area contributed by atoms with Crippen molar-refractivity contribution in [3.8, 4) is 5.75 Å². The average Bonchev–Trinajstić information content (AvgIpc) is 2.51. The van der Waals surface area contributed by atoms with Gasteiger partial charge in [-0.05, 0) is 61.5 Å². The molecule has 0 radical (unpaired) electrons. The molecule has 23 heavy (non-hydrogen) atoms. The lowest BCUT2D eigenvalue weighted by molar-refractivity contribution is -0.137. The van der Waals surface area contributed by atoms with E-state index in [1.807, 2.05) is 13.8 Å². The Labute approximate surface area is 136 Å². The third-order valence-corrected chi connectivity index (χ3v) is 4.50. The van der Waals surface area contributed by atoms with Crippen molar-refractivity contribution < 1.29 is 17.9 Å². The summed E-state index contributed by atoms with van der Waals surface area (Å²) in [5.74, 6) is 0.479. The van der Waals surface area contributed by atoms with Gasteiger partial charge in [0.05, 0.1) is 12.7 Å². The topological polar surface area (TPSA) is 12.5 Å². The fourth-order valence-corrected chi connectivity index (χ4v) is 3.34. The maximum Gasteiger partial charge on any atom is 0.416 e. The molecule has 1 aromatic carbocycles. The van der Waals surface area contributed by atoms with Crippen molar-refractivity contribution in [1.29, 1.82) is 0 Å². The fraction of sp³-hybridized carbons (Fsp3) is 0.667. The van der Waals surface area contributed by atoms with Crippen molar-refractivity contribution in [3.05, 3.63) is 28.8 Å². The van der Waals surface area contributed by atoms with E-state index in [-0.39, 0.29) is 5.92 Å². The molecule has 1 aliphatic heterocycles. The molecule has 0 aliphatic carbocycles. The van der Waals surface area contributed by atoms with E-state index in [9.17, 15) is 13.2 Å². The smallest absolute Gasteiger partial charge is 0.416 e. The molecule has 5 heteroatoms. The molecule has 1 saturated heterocycles. The summed E-state index contributed by atoms with van der Waals surface area (Å²) in [5, 5.41) is 0. The van der Waals surface area contributed by atoms with Crippen LogP contribution in [-0.2, 0) is 12.6 Å². The molecule has 1 aliphatic rings. The largest absolute Gasteiger partial charge is 0.496 e. The number of hydrogen-bond acceptors (Lipinski definition) is 2. The predicted octanol–water partition coefficient (Wildman–Crippen LogP) is 4.87. The summed E-state index contributed by atoms with van der Waals surface area (Å²) in [6.45, 7) is 6.90. The summed E-state index contributed by atoms with van der Waals surface area (Å²) in [6.07, 6.45) is -0.0898. The molecule has 0 spiro atoms. The maximum absolute atomic E-state index is 13.1. The highest BCUT2D eigenvalue weighted by atomic mass is 19.4. The minimum Gasteiger partial charge on any atom is -0.496 e. The molecule has 0 unspecified atom stereocenters. The monoisotopic (exact) mass is 329 g/mol. The van der Waals surface area contributed by atoms with Crippen LogP contribution in [0.1, 0.15) is 55.7 Å². The highest BCUT2D eigenvalue weighted by Crippen LogP contribution is 2.38. The molecule has 0 atom stereocenters. The van der Waals surface area contributed by atoms with Gasteiger partial charge in [0.25, 0.3) is 0 Å². The Kier molecular flexibility index (Phi) is 5.95. The second kappa shape index (κ2) is 7.56. The van der Waals surface area contributed by atoms with Crippen LogP contribution in [0.5, 0.6) is 5.75 Å². The van der Waals surface area contributed by atoms with Gasteiger partial charge < -0.3 is 9.64 Å². The number of nitrogens with zero attached hydrogens (tertiary/aromatic N) is 1. The number of benzene rings is 1. The second-order valence-electron chi connectivity index (χ2n) is 6.56. The third-order valence-electron chi connectivity index (χ3n) is 4.50. The van der Waals surface area contributed by atoms with Crippen molar-refractivity contribution in [1.82, 2.24) is 4.90 Å². The van der Waals surface area contributed by atoms with E-state index in [1.165, 1.54) is 32.4 Å². The lowest BCUT2D eigenvalue weighted by atomic mass is 9.91. The molecule has 0 N–H and O–H groups in total.